The maximum absolute atomic E-state index is 11.8. The van der Waals surface area contributed by atoms with Crippen molar-refractivity contribution in [2.24, 2.45) is 20.5 Å². The smallest absolute Gasteiger partial charge is 0.294 e. The fourth-order valence-electron chi connectivity index (χ4n) is 7.46. The topological polar surface area (TPSA) is 297 Å². The van der Waals surface area contributed by atoms with Crippen molar-refractivity contribution in [3.8, 4) is 34.3 Å². The van der Waals surface area contributed by atoms with Crippen LogP contribution in [0.2, 0.25) is 0 Å². The van der Waals surface area contributed by atoms with Crippen LogP contribution in [0.15, 0.2) is 139 Å². The van der Waals surface area contributed by atoms with Gasteiger partial charge in [-0.2, -0.15) is 50.5 Å². The Hall–Kier alpha value is -7.60. The number of rotatable bonds is 23. The molecule has 0 amide bonds. The molecular weight excluding hydrogens is 1070 g/mol. The van der Waals surface area contributed by atoms with Crippen LogP contribution >= 0.6 is 34.8 Å². The summed E-state index contributed by atoms with van der Waals surface area (Å²) in [7, 11) is -5.81. The first-order valence-corrected chi connectivity index (χ1v) is 28.6. The Bertz CT molecular complexity index is 3420. The molecular formula is C48H49N15O8S5. The molecule has 0 unspecified atom stereocenters. The molecule has 0 aliphatic rings. The van der Waals surface area contributed by atoms with Crippen LogP contribution < -0.4 is 29.9 Å². The van der Waals surface area contributed by atoms with E-state index >= 15 is 0 Å². The monoisotopic (exact) mass is 1120 g/mol. The fraction of sp³-hybridized carbons (Fsp3) is 0.229. The quantitative estimate of drug-likeness (QED) is 0.0263. The molecule has 76 heavy (non-hydrogen) atoms. The lowest BCUT2D eigenvalue weighted by atomic mass is 10.2. The van der Waals surface area contributed by atoms with Gasteiger partial charge in [-0.15, -0.1) is 20.5 Å². The minimum Gasteiger partial charge on any atom is -0.494 e. The average Bonchev–Trinajstić information content (AvgIpc) is 4.12. The third kappa shape index (κ3) is 13.4. The Balaban J connectivity index is 1.20. The van der Waals surface area contributed by atoms with Crippen LogP contribution in [-0.2, 0) is 26.0 Å². The van der Waals surface area contributed by atoms with Crippen molar-refractivity contribution in [3.63, 3.8) is 0 Å². The van der Waals surface area contributed by atoms with E-state index in [1.54, 1.807) is 38.5 Å². The van der Waals surface area contributed by atoms with Gasteiger partial charge in [0.05, 0.1) is 46.8 Å². The van der Waals surface area contributed by atoms with Crippen LogP contribution in [0.25, 0.3) is 22.8 Å². The van der Waals surface area contributed by atoms with E-state index in [0.29, 0.717) is 82.5 Å². The Morgan fingerprint density at radius 1 is 0.566 bits per heavy atom. The molecule has 3 heterocycles. The number of methoxy groups -OCH3 is 2. The Kier molecular flexibility index (Phi) is 17.5. The maximum atomic E-state index is 11.8. The molecule has 23 nitrogen and oxygen atoms in total. The van der Waals surface area contributed by atoms with Gasteiger partial charge in [0.15, 0.2) is 16.8 Å². The molecule has 394 valence electrons. The molecule has 0 bridgehead atoms. The van der Waals surface area contributed by atoms with E-state index in [1.165, 1.54) is 48.2 Å². The molecule has 28 heteroatoms. The highest BCUT2D eigenvalue weighted by atomic mass is 32.2. The van der Waals surface area contributed by atoms with Crippen molar-refractivity contribution >= 4 is 111 Å². The summed E-state index contributed by atoms with van der Waals surface area (Å²) in [6, 6.07) is 28.3. The second-order valence-electron chi connectivity index (χ2n) is 15.9. The molecule has 4 N–H and O–H groups in total. The summed E-state index contributed by atoms with van der Waals surface area (Å²) in [5, 5.41) is 25.5. The van der Waals surface area contributed by atoms with Gasteiger partial charge in [0.2, 0.25) is 22.2 Å². The summed E-state index contributed by atoms with van der Waals surface area (Å²) < 4.78 is 87.1. The second-order valence-corrected chi connectivity index (χ2v) is 21.2. The predicted octanol–water partition coefficient (Wildman–Crippen LogP) is 11.7. The molecule has 3 aromatic heterocycles. The zero-order chi connectivity index (χ0) is 54.0. The lowest BCUT2D eigenvalue weighted by Gasteiger charge is -2.25. The van der Waals surface area contributed by atoms with Gasteiger partial charge >= 0.3 is 0 Å². The van der Waals surface area contributed by atoms with Gasteiger partial charge in [-0.1, -0.05) is 66.4 Å². The molecule has 8 aromatic rings. The number of hydrogen-bond acceptors (Lipinski definition) is 24. The van der Waals surface area contributed by atoms with Crippen LogP contribution in [0, 0.1) is 0 Å². The van der Waals surface area contributed by atoms with E-state index in [-0.39, 0.29) is 43.6 Å². The Labute approximate surface area is 450 Å². The van der Waals surface area contributed by atoms with Crippen molar-refractivity contribution in [2.45, 2.75) is 48.4 Å². The number of nitrogens with zero attached hydrogens (tertiary/aromatic N) is 13. The summed E-state index contributed by atoms with van der Waals surface area (Å²) in [6.45, 7) is 10.7. The first-order chi connectivity index (χ1) is 36.6. The Morgan fingerprint density at radius 3 is 1.42 bits per heavy atom. The number of ether oxygens (including phenoxy) is 2. The molecule has 0 atom stereocenters. The highest BCUT2D eigenvalue weighted by molar-refractivity contribution is 7.98. The molecule has 8 rings (SSSR count). The number of benzene rings is 5. The van der Waals surface area contributed by atoms with E-state index in [0.717, 1.165) is 40.0 Å². The van der Waals surface area contributed by atoms with E-state index in [4.69, 9.17) is 24.4 Å². The molecule has 0 saturated heterocycles. The SMILES string of the molecule is CCN(CC)c1cc(Nc2nc(Nc3cc(N(CC)CC)c(OC)cc3N=Nc3nc(-c4cccc(S(=O)(=O)O)c4)ns3)nc(SCc3ccccc3)n2)c(N=Nc2nc(-c3cccc(S(=O)(=O)O)c3)ns2)cc1OC. The minimum atomic E-state index is -4.47. The third-order valence-corrected chi connectivity index (χ3v) is 15.0. The standard InChI is InChI=1S/C48H49N15O8S5/c1-7-62(8-2)38-24-34(36(26-40(38)70-5)56-58-47-51-42(60-73-47)30-18-14-20-32(22-30)75(64,65)66)49-44-53-45(55-46(54-44)72-28-29-16-12-11-13-17-29)50-35-25-39(63(9-3)10-4)41(71-6)27-37(35)57-59-48-52-43(61-74-48)31-19-15-21-33(23-31)76(67,68)69/h11-27H,7-10,28H2,1-6H3,(H,64,65,66)(H,67,68,69)(H2,49,50,53,54,55). The van der Waals surface area contributed by atoms with E-state index in [2.05, 4.69) is 59.6 Å². The normalized spacial score (nSPS) is 11.8. The molecule has 0 radical (unpaired) electrons. The number of nitrogens with one attached hydrogen (secondary N) is 2. The van der Waals surface area contributed by atoms with Crippen molar-refractivity contribution in [1.29, 1.82) is 0 Å². The van der Waals surface area contributed by atoms with Gasteiger partial charge in [-0.3, -0.25) is 9.11 Å². The van der Waals surface area contributed by atoms with Crippen LogP contribution in [0.5, 0.6) is 11.5 Å². The van der Waals surface area contributed by atoms with Gasteiger partial charge in [0.1, 0.15) is 22.9 Å². The zero-order valence-electron chi connectivity index (χ0n) is 41.5. The molecule has 0 aliphatic heterocycles. The number of anilines is 6. The van der Waals surface area contributed by atoms with Crippen LogP contribution in [0.3, 0.4) is 0 Å². The molecule has 5 aromatic carbocycles. The van der Waals surface area contributed by atoms with Gasteiger partial charge in [0, 0.05) is 78.3 Å². The highest BCUT2D eigenvalue weighted by Crippen LogP contribution is 2.43. The molecule has 0 fully saturated rings. The summed E-state index contributed by atoms with van der Waals surface area (Å²) in [4.78, 5) is 27.2. The van der Waals surface area contributed by atoms with Gasteiger partial charge in [0.25, 0.3) is 20.2 Å². The first kappa shape index (κ1) is 54.7. The fourth-order valence-corrected chi connectivity index (χ4v) is 10.3. The van der Waals surface area contributed by atoms with E-state index < -0.39 is 20.2 Å². The summed E-state index contributed by atoms with van der Waals surface area (Å²) in [5.41, 5.74) is 4.77. The average molecular weight is 1120 g/mol. The third-order valence-electron chi connectivity index (χ3n) is 11.2. The summed E-state index contributed by atoms with van der Waals surface area (Å²) in [5.74, 6) is 2.20. The molecule has 0 spiro atoms. The summed E-state index contributed by atoms with van der Waals surface area (Å²) in [6.07, 6.45) is 0. The van der Waals surface area contributed by atoms with Crippen molar-refractivity contribution in [2.75, 3.05) is 60.8 Å². The number of hydrogen-bond donors (Lipinski definition) is 4. The molecule has 0 aliphatic carbocycles. The lowest BCUT2D eigenvalue weighted by molar-refractivity contribution is 0.414. The number of aromatic nitrogens is 7. The number of thioether (sulfide) groups is 1. The highest BCUT2D eigenvalue weighted by Gasteiger charge is 2.21. The van der Waals surface area contributed by atoms with Crippen molar-refractivity contribution in [3.05, 3.63) is 109 Å². The van der Waals surface area contributed by atoms with Crippen LogP contribution in [-0.4, -0.2) is 100 Å². The van der Waals surface area contributed by atoms with Gasteiger partial charge in [-0.25, -0.2) is 0 Å². The lowest BCUT2D eigenvalue weighted by Crippen LogP contribution is -2.22. The van der Waals surface area contributed by atoms with Crippen molar-refractivity contribution < 1.29 is 35.4 Å². The van der Waals surface area contributed by atoms with Crippen LogP contribution in [0.4, 0.5) is 56.3 Å². The van der Waals surface area contributed by atoms with Gasteiger partial charge < -0.3 is 29.9 Å². The maximum Gasteiger partial charge on any atom is 0.294 e. The van der Waals surface area contributed by atoms with E-state index in [9.17, 15) is 25.9 Å². The summed E-state index contributed by atoms with van der Waals surface area (Å²) >= 11 is 3.27. The Morgan fingerprint density at radius 2 is 1.01 bits per heavy atom. The largest absolute Gasteiger partial charge is 0.494 e. The molecule has 0 saturated carbocycles. The first-order valence-electron chi connectivity index (χ1n) is 23.2. The predicted molar refractivity (Wildman–Crippen MR) is 294 cm³/mol. The number of azo groups is 2. The van der Waals surface area contributed by atoms with Gasteiger partial charge in [-0.05, 0) is 69.7 Å². The minimum absolute atomic E-state index is 0.136. The van der Waals surface area contributed by atoms with E-state index in [1.807, 2.05) is 70.2 Å². The van der Waals surface area contributed by atoms with Crippen LogP contribution in [0.1, 0.15) is 33.3 Å². The second kappa shape index (κ2) is 24.4. The zero-order valence-corrected chi connectivity index (χ0v) is 45.6. The van der Waals surface area contributed by atoms with Crippen molar-refractivity contribution in [1.82, 2.24) is 33.7 Å².